The smallest absolute Gasteiger partial charge is 0.354 e. The summed E-state index contributed by atoms with van der Waals surface area (Å²) in [4.78, 5) is 16.3. The van der Waals surface area contributed by atoms with Gasteiger partial charge in [0.1, 0.15) is 11.3 Å². The first-order valence-corrected chi connectivity index (χ1v) is 7.00. The van der Waals surface area contributed by atoms with Crippen molar-refractivity contribution in [1.82, 2.24) is 4.57 Å². The molecule has 112 valence electrons. The van der Waals surface area contributed by atoms with E-state index in [1.807, 2.05) is 44.5 Å². The van der Waals surface area contributed by atoms with Crippen LogP contribution in [0.25, 0.3) is 5.57 Å². The summed E-state index contributed by atoms with van der Waals surface area (Å²) < 4.78 is 13.1. The van der Waals surface area contributed by atoms with Crippen molar-refractivity contribution in [3.05, 3.63) is 29.1 Å². The summed E-state index contributed by atoms with van der Waals surface area (Å²) in [6, 6.07) is 1.87. The molecule has 1 aromatic rings. The molecule has 2 aliphatic rings. The number of ether oxygens (including phenoxy) is 2. The van der Waals surface area contributed by atoms with Crippen LogP contribution in [0, 0.1) is 0 Å². The number of hydrogen-bond acceptors (Lipinski definition) is 4. The van der Waals surface area contributed by atoms with E-state index in [1.165, 1.54) is 7.11 Å². The van der Waals surface area contributed by atoms with Crippen LogP contribution in [0.1, 0.15) is 42.5 Å². The predicted molar refractivity (Wildman–Crippen MR) is 80.6 cm³/mol. The topological polar surface area (TPSA) is 52.8 Å². The molecule has 3 rings (SSSR count). The van der Waals surface area contributed by atoms with Gasteiger partial charge in [-0.3, -0.25) is 4.99 Å². The number of nitrogens with zero attached hydrogens (tertiary/aromatic N) is 2. The van der Waals surface area contributed by atoms with Crippen LogP contribution in [0.15, 0.2) is 17.1 Å². The third-order valence-electron chi connectivity index (χ3n) is 4.32. The Morgan fingerprint density at radius 2 is 2.14 bits per heavy atom. The molecular weight excluding hydrogens is 268 g/mol. The third kappa shape index (κ3) is 1.87. The SMILES string of the molecule is COC(=O)c1cc2c(n1C)C1=CC=NCC1(C)OC2(C)C. The number of hydrogen-bond donors (Lipinski definition) is 0. The zero-order valence-electron chi connectivity index (χ0n) is 13.1. The van der Waals surface area contributed by atoms with Crippen LogP contribution < -0.4 is 0 Å². The minimum atomic E-state index is -0.488. The number of allylic oxidation sites excluding steroid dienone is 1. The maximum Gasteiger partial charge on any atom is 0.354 e. The van der Waals surface area contributed by atoms with Crippen LogP contribution in [0.3, 0.4) is 0 Å². The Kier molecular flexibility index (Phi) is 2.89. The minimum absolute atomic E-state index is 0.338. The number of carbonyl (C=O) groups excluding carboxylic acids is 1. The molecule has 1 aromatic heterocycles. The fraction of sp³-hybridized carbons (Fsp3) is 0.500. The molecule has 1 unspecified atom stereocenters. The van der Waals surface area contributed by atoms with E-state index >= 15 is 0 Å². The van der Waals surface area contributed by atoms with Gasteiger partial charge in [-0.15, -0.1) is 0 Å². The second-order valence-electron chi connectivity index (χ2n) is 6.26. The third-order valence-corrected chi connectivity index (χ3v) is 4.32. The highest BCUT2D eigenvalue weighted by Crippen LogP contribution is 2.48. The summed E-state index contributed by atoms with van der Waals surface area (Å²) in [6.45, 7) is 6.67. The molecule has 3 heterocycles. The molecule has 21 heavy (non-hydrogen) atoms. The van der Waals surface area contributed by atoms with Gasteiger partial charge in [0.05, 0.1) is 24.9 Å². The maximum absolute atomic E-state index is 12.0. The molecule has 0 spiro atoms. The lowest BCUT2D eigenvalue weighted by molar-refractivity contribution is -0.107. The summed E-state index contributed by atoms with van der Waals surface area (Å²) in [6.07, 6.45) is 3.77. The average Bonchev–Trinajstić information content (AvgIpc) is 2.76. The molecule has 0 radical (unpaired) electrons. The monoisotopic (exact) mass is 288 g/mol. The molecular formula is C16H20N2O3. The Balaban J connectivity index is 2.29. The fourth-order valence-electron chi connectivity index (χ4n) is 3.34. The molecule has 0 N–H and O–H groups in total. The lowest BCUT2D eigenvalue weighted by Crippen LogP contribution is -2.46. The number of fused-ring (bicyclic) bond motifs is 3. The van der Waals surface area contributed by atoms with Gasteiger partial charge in [-0.1, -0.05) is 0 Å². The zero-order chi connectivity index (χ0) is 15.4. The number of methoxy groups -OCH3 is 1. The van der Waals surface area contributed by atoms with Crippen molar-refractivity contribution in [1.29, 1.82) is 0 Å². The fourth-order valence-corrected chi connectivity index (χ4v) is 3.34. The van der Waals surface area contributed by atoms with Crippen LogP contribution >= 0.6 is 0 Å². The van der Waals surface area contributed by atoms with Gasteiger partial charge in [-0.05, 0) is 32.9 Å². The Morgan fingerprint density at radius 1 is 1.43 bits per heavy atom. The molecule has 0 bridgehead atoms. The van der Waals surface area contributed by atoms with Gasteiger partial charge in [-0.25, -0.2) is 4.79 Å². The Morgan fingerprint density at radius 3 is 2.81 bits per heavy atom. The molecule has 2 aliphatic heterocycles. The van der Waals surface area contributed by atoms with Gasteiger partial charge in [0, 0.05) is 24.4 Å². The Hall–Kier alpha value is -1.88. The highest BCUT2D eigenvalue weighted by molar-refractivity contribution is 5.94. The summed E-state index contributed by atoms with van der Waals surface area (Å²) in [5, 5.41) is 0. The van der Waals surface area contributed by atoms with Crippen LogP contribution in [0.4, 0.5) is 0 Å². The molecule has 0 aromatic carbocycles. The average molecular weight is 288 g/mol. The first-order chi connectivity index (χ1) is 9.80. The van der Waals surface area contributed by atoms with Gasteiger partial charge in [-0.2, -0.15) is 0 Å². The normalized spacial score (nSPS) is 25.9. The second-order valence-corrected chi connectivity index (χ2v) is 6.26. The molecule has 0 saturated carbocycles. The summed E-state index contributed by atoms with van der Waals surface area (Å²) in [5.41, 5.74) is 2.67. The van der Waals surface area contributed by atoms with E-state index in [1.54, 1.807) is 6.21 Å². The largest absolute Gasteiger partial charge is 0.464 e. The van der Waals surface area contributed by atoms with E-state index < -0.39 is 11.2 Å². The van der Waals surface area contributed by atoms with Gasteiger partial charge < -0.3 is 14.0 Å². The summed E-state index contributed by atoms with van der Waals surface area (Å²) >= 11 is 0. The van der Waals surface area contributed by atoms with Crippen LogP contribution in [0.5, 0.6) is 0 Å². The van der Waals surface area contributed by atoms with Gasteiger partial charge in [0.25, 0.3) is 0 Å². The van der Waals surface area contributed by atoms with Crippen LogP contribution in [0.2, 0.25) is 0 Å². The van der Waals surface area contributed by atoms with E-state index in [9.17, 15) is 4.79 Å². The van der Waals surface area contributed by atoms with E-state index in [0.717, 1.165) is 16.8 Å². The highest BCUT2D eigenvalue weighted by atomic mass is 16.5. The number of rotatable bonds is 1. The molecule has 0 amide bonds. The lowest BCUT2D eigenvalue weighted by Gasteiger charge is -2.45. The predicted octanol–water partition coefficient (Wildman–Crippen LogP) is 2.30. The van der Waals surface area contributed by atoms with Crippen molar-refractivity contribution in [3.8, 4) is 0 Å². The first kappa shape index (κ1) is 14.1. The standard InChI is InChI=1S/C16H20N2O3/c1-15(2)11-8-12(14(19)20-5)18(4)13(11)10-6-7-17-9-16(10,3)21-15/h6-8H,9H2,1-5H3. The van der Waals surface area contributed by atoms with E-state index in [4.69, 9.17) is 9.47 Å². The first-order valence-electron chi connectivity index (χ1n) is 7.00. The zero-order valence-corrected chi connectivity index (χ0v) is 13.1. The quantitative estimate of drug-likeness (QED) is 0.745. The maximum atomic E-state index is 12.0. The van der Waals surface area contributed by atoms with Crippen LogP contribution in [-0.2, 0) is 22.1 Å². The van der Waals surface area contributed by atoms with Crippen molar-refractivity contribution >= 4 is 17.8 Å². The lowest BCUT2D eigenvalue weighted by atomic mass is 9.81. The van der Waals surface area contributed by atoms with Gasteiger partial charge >= 0.3 is 5.97 Å². The van der Waals surface area contributed by atoms with E-state index in [-0.39, 0.29) is 5.97 Å². The van der Waals surface area contributed by atoms with Gasteiger partial charge in [0.2, 0.25) is 0 Å². The van der Waals surface area contributed by atoms with Crippen molar-refractivity contribution < 1.29 is 14.3 Å². The Labute approximate surface area is 124 Å². The number of esters is 1. The van der Waals surface area contributed by atoms with Crippen molar-refractivity contribution in [2.45, 2.75) is 32.0 Å². The van der Waals surface area contributed by atoms with E-state index in [2.05, 4.69) is 4.99 Å². The van der Waals surface area contributed by atoms with Crippen LogP contribution in [-0.4, -0.2) is 36.0 Å². The number of aromatic nitrogens is 1. The van der Waals surface area contributed by atoms with Crippen molar-refractivity contribution in [3.63, 3.8) is 0 Å². The number of aliphatic imine (C=N–C) groups is 1. The molecule has 5 nitrogen and oxygen atoms in total. The summed E-state index contributed by atoms with van der Waals surface area (Å²) in [7, 11) is 3.28. The summed E-state index contributed by atoms with van der Waals surface area (Å²) in [5.74, 6) is -0.338. The molecule has 5 heteroatoms. The van der Waals surface area contributed by atoms with Crippen molar-refractivity contribution in [2.24, 2.45) is 12.0 Å². The molecule has 1 atom stereocenters. The number of carbonyl (C=O) groups is 1. The minimum Gasteiger partial charge on any atom is -0.464 e. The second kappa shape index (κ2) is 4.31. The molecule has 0 saturated heterocycles. The molecule has 0 fully saturated rings. The highest BCUT2D eigenvalue weighted by Gasteiger charge is 2.47. The van der Waals surface area contributed by atoms with E-state index in [0.29, 0.717) is 12.2 Å². The molecule has 0 aliphatic carbocycles. The number of dihydropyridines is 1. The van der Waals surface area contributed by atoms with Crippen molar-refractivity contribution in [2.75, 3.05) is 13.7 Å². The van der Waals surface area contributed by atoms with Gasteiger partial charge in [0.15, 0.2) is 0 Å². The Bertz CT molecular complexity index is 682.